The quantitative estimate of drug-likeness (QED) is 0.340. The Kier molecular flexibility index (Phi) is 5.31. The molecule has 174 valence electrons. The maximum Gasteiger partial charge on any atom is 0.340 e. The molecule has 0 aliphatic carbocycles. The van der Waals surface area contributed by atoms with Gasteiger partial charge in [0, 0.05) is 28.5 Å². The topological polar surface area (TPSA) is 88.2 Å². The number of hydrogen-bond acceptors (Lipinski definition) is 4. The number of para-hydroxylation sites is 1. The minimum Gasteiger partial charge on any atom is -0.460 e. The largest absolute Gasteiger partial charge is 0.460 e. The molecule has 0 saturated heterocycles. The number of hydrogen-bond donors (Lipinski definition) is 2. The van der Waals surface area contributed by atoms with Crippen molar-refractivity contribution in [3.05, 3.63) is 80.5 Å². The standard InChI is InChI=1S/C28H28N2O4/c1-14-10-23-26(27-25(14)16(3)18(5)33-27)17(4)21(28(32)34-23)12-24(31)30-15(2)11-19-13-29-22-9-7-6-8-20(19)22/h6-10,13,15,29H,11-12H2,1-5H3,(H,30,31)/t15-/m0/s1. The highest BCUT2D eigenvalue weighted by atomic mass is 16.4. The predicted molar refractivity (Wildman–Crippen MR) is 135 cm³/mol. The highest BCUT2D eigenvalue weighted by molar-refractivity contribution is 6.07. The summed E-state index contributed by atoms with van der Waals surface area (Å²) in [6, 6.07) is 9.88. The van der Waals surface area contributed by atoms with Gasteiger partial charge in [-0.15, -0.1) is 0 Å². The van der Waals surface area contributed by atoms with Crippen molar-refractivity contribution in [3.63, 3.8) is 0 Å². The van der Waals surface area contributed by atoms with Gasteiger partial charge in [0.1, 0.15) is 16.9 Å². The molecule has 0 fully saturated rings. The molecule has 0 unspecified atom stereocenters. The van der Waals surface area contributed by atoms with Gasteiger partial charge < -0.3 is 19.1 Å². The molecule has 3 heterocycles. The van der Waals surface area contributed by atoms with E-state index in [1.807, 2.05) is 65.1 Å². The number of amides is 1. The number of aryl methyl sites for hydroxylation is 4. The van der Waals surface area contributed by atoms with E-state index < -0.39 is 5.63 Å². The first-order chi connectivity index (χ1) is 16.2. The smallest absolute Gasteiger partial charge is 0.340 e. The van der Waals surface area contributed by atoms with Crippen molar-refractivity contribution in [1.82, 2.24) is 10.3 Å². The van der Waals surface area contributed by atoms with Crippen molar-refractivity contribution in [2.45, 2.75) is 53.5 Å². The Morgan fingerprint density at radius 1 is 1.06 bits per heavy atom. The van der Waals surface area contributed by atoms with E-state index in [-0.39, 0.29) is 18.4 Å². The third kappa shape index (κ3) is 3.59. The van der Waals surface area contributed by atoms with Crippen LogP contribution in [0.15, 0.2) is 50.2 Å². The van der Waals surface area contributed by atoms with Crippen LogP contribution in [0.2, 0.25) is 0 Å². The molecule has 0 spiro atoms. The van der Waals surface area contributed by atoms with Gasteiger partial charge in [0.25, 0.3) is 0 Å². The number of benzene rings is 2. The molecule has 6 heteroatoms. The molecule has 1 amide bonds. The molecule has 0 aliphatic rings. The van der Waals surface area contributed by atoms with Crippen LogP contribution in [-0.2, 0) is 17.6 Å². The lowest BCUT2D eigenvalue weighted by molar-refractivity contribution is -0.121. The van der Waals surface area contributed by atoms with Gasteiger partial charge in [-0.1, -0.05) is 18.2 Å². The van der Waals surface area contributed by atoms with Crippen LogP contribution >= 0.6 is 0 Å². The van der Waals surface area contributed by atoms with Crippen molar-refractivity contribution in [2.24, 2.45) is 0 Å². The number of aromatic nitrogens is 1. The van der Waals surface area contributed by atoms with E-state index in [9.17, 15) is 9.59 Å². The fraction of sp³-hybridized carbons (Fsp3) is 0.286. The fourth-order valence-corrected chi connectivity index (χ4v) is 5.00. The first-order valence-electron chi connectivity index (χ1n) is 11.5. The van der Waals surface area contributed by atoms with Crippen LogP contribution < -0.4 is 10.9 Å². The zero-order valence-electron chi connectivity index (χ0n) is 20.1. The molecule has 2 aromatic carbocycles. The van der Waals surface area contributed by atoms with Gasteiger partial charge >= 0.3 is 5.63 Å². The average Bonchev–Trinajstić information content (AvgIpc) is 3.32. The van der Waals surface area contributed by atoms with Crippen molar-refractivity contribution < 1.29 is 13.6 Å². The van der Waals surface area contributed by atoms with Crippen molar-refractivity contribution in [3.8, 4) is 0 Å². The predicted octanol–water partition coefficient (Wildman–Crippen LogP) is 5.54. The summed E-state index contributed by atoms with van der Waals surface area (Å²) in [6.45, 7) is 9.77. The van der Waals surface area contributed by atoms with Crippen LogP contribution in [0.3, 0.4) is 0 Å². The Bertz CT molecular complexity index is 1630. The van der Waals surface area contributed by atoms with Gasteiger partial charge in [0.15, 0.2) is 0 Å². The minimum absolute atomic E-state index is 0.0453. The molecule has 1 atom stereocenters. The fourth-order valence-electron chi connectivity index (χ4n) is 5.00. The van der Waals surface area contributed by atoms with Gasteiger partial charge in [0.2, 0.25) is 5.91 Å². The number of furan rings is 1. The van der Waals surface area contributed by atoms with Gasteiger partial charge in [0.05, 0.1) is 17.4 Å². The molecule has 6 nitrogen and oxygen atoms in total. The van der Waals surface area contributed by atoms with Gasteiger partial charge in [-0.2, -0.15) is 0 Å². The van der Waals surface area contributed by atoms with Crippen LogP contribution in [0, 0.1) is 27.7 Å². The lowest BCUT2D eigenvalue weighted by Crippen LogP contribution is -2.36. The molecule has 3 aromatic heterocycles. The number of fused-ring (bicyclic) bond motifs is 4. The maximum absolute atomic E-state index is 12.9. The van der Waals surface area contributed by atoms with Crippen LogP contribution in [0.5, 0.6) is 0 Å². The monoisotopic (exact) mass is 456 g/mol. The SMILES string of the molecule is Cc1oc2c(c(C)cc3oc(=O)c(CC(=O)N[C@@H](C)Cc4c[nH]c5ccccc45)c(C)c32)c1C. The summed E-state index contributed by atoms with van der Waals surface area (Å²) < 4.78 is 11.7. The Morgan fingerprint density at radius 3 is 2.62 bits per heavy atom. The Balaban J connectivity index is 1.43. The van der Waals surface area contributed by atoms with Crippen molar-refractivity contribution in [2.75, 3.05) is 0 Å². The van der Waals surface area contributed by atoms with Crippen LogP contribution in [0.4, 0.5) is 0 Å². The van der Waals surface area contributed by atoms with Gasteiger partial charge in [-0.25, -0.2) is 4.79 Å². The number of aromatic amines is 1. The van der Waals surface area contributed by atoms with E-state index in [0.29, 0.717) is 23.2 Å². The average molecular weight is 457 g/mol. The van der Waals surface area contributed by atoms with E-state index in [1.54, 1.807) is 0 Å². The van der Waals surface area contributed by atoms with E-state index in [2.05, 4.69) is 16.4 Å². The Morgan fingerprint density at radius 2 is 1.82 bits per heavy atom. The lowest BCUT2D eigenvalue weighted by atomic mass is 9.98. The van der Waals surface area contributed by atoms with E-state index in [4.69, 9.17) is 8.83 Å². The van der Waals surface area contributed by atoms with E-state index >= 15 is 0 Å². The summed E-state index contributed by atoms with van der Waals surface area (Å²) in [7, 11) is 0. The molecule has 2 N–H and O–H groups in total. The highest BCUT2D eigenvalue weighted by Crippen LogP contribution is 2.36. The summed E-state index contributed by atoms with van der Waals surface area (Å²) in [4.78, 5) is 29.0. The summed E-state index contributed by atoms with van der Waals surface area (Å²) in [5.41, 5.74) is 6.09. The summed E-state index contributed by atoms with van der Waals surface area (Å²) in [5, 5.41) is 5.98. The Hall–Kier alpha value is -3.80. The zero-order chi connectivity index (χ0) is 24.1. The van der Waals surface area contributed by atoms with E-state index in [1.165, 1.54) is 0 Å². The normalized spacial score (nSPS) is 12.6. The van der Waals surface area contributed by atoms with E-state index in [0.717, 1.165) is 49.7 Å². The molecule has 0 radical (unpaired) electrons. The summed E-state index contributed by atoms with van der Waals surface area (Å²) in [6.07, 6.45) is 2.62. The van der Waals surface area contributed by atoms with Crippen molar-refractivity contribution in [1.29, 1.82) is 0 Å². The summed E-state index contributed by atoms with van der Waals surface area (Å²) in [5.74, 6) is 0.624. The number of rotatable bonds is 5. The van der Waals surface area contributed by atoms with Crippen LogP contribution in [-0.4, -0.2) is 16.9 Å². The number of carbonyl (C=O) groups excluding carboxylic acids is 1. The number of H-pyrrole nitrogens is 1. The molecular formula is C28H28N2O4. The second-order valence-corrected chi connectivity index (χ2v) is 9.26. The summed E-state index contributed by atoms with van der Waals surface area (Å²) >= 11 is 0. The molecule has 5 aromatic rings. The molecule has 5 rings (SSSR count). The van der Waals surface area contributed by atoms with Gasteiger partial charge in [-0.05, 0) is 75.4 Å². The van der Waals surface area contributed by atoms with Gasteiger partial charge in [-0.3, -0.25) is 4.79 Å². The minimum atomic E-state index is -0.483. The Labute approximate surface area is 196 Å². The first kappa shape index (κ1) is 22.0. The molecular weight excluding hydrogens is 428 g/mol. The van der Waals surface area contributed by atoms with Crippen molar-refractivity contribution >= 4 is 38.7 Å². The molecule has 34 heavy (non-hydrogen) atoms. The second kappa shape index (κ2) is 8.20. The molecule has 0 saturated carbocycles. The molecule has 0 aliphatic heterocycles. The highest BCUT2D eigenvalue weighted by Gasteiger charge is 2.21. The van der Waals surface area contributed by atoms with Crippen LogP contribution in [0.1, 0.15) is 40.5 Å². The van der Waals surface area contributed by atoms with Crippen LogP contribution in [0.25, 0.3) is 32.8 Å². The second-order valence-electron chi connectivity index (χ2n) is 9.26. The zero-order valence-corrected chi connectivity index (χ0v) is 20.1. The molecule has 0 bridgehead atoms. The third-order valence-corrected chi connectivity index (χ3v) is 6.82. The third-order valence-electron chi connectivity index (χ3n) is 6.82. The lowest BCUT2D eigenvalue weighted by Gasteiger charge is -2.14. The first-order valence-corrected chi connectivity index (χ1v) is 11.5. The maximum atomic E-state index is 12.9. The number of carbonyl (C=O) groups is 1. The number of nitrogens with one attached hydrogen (secondary N) is 2.